The Labute approximate surface area is 133 Å². The van der Waals surface area contributed by atoms with Gasteiger partial charge in [-0.15, -0.1) is 0 Å². The summed E-state index contributed by atoms with van der Waals surface area (Å²) < 4.78 is 19.0. The van der Waals surface area contributed by atoms with Crippen molar-refractivity contribution < 1.29 is 9.13 Å². The van der Waals surface area contributed by atoms with Crippen LogP contribution in [0.3, 0.4) is 0 Å². The van der Waals surface area contributed by atoms with Gasteiger partial charge >= 0.3 is 0 Å². The number of anilines is 2. The summed E-state index contributed by atoms with van der Waals surface area (Å²) in [6.07, 6.45) is 1.11. The van der Waals surface area contributed by atoms with E-state index in [2.05, 4.69) is 14.9 Å². The van der Waals surface area contributed by atoms with Crippen LogP contribution in [-0.2, 0) is 0 Å². The van der Waals surface area contributed by atoms with E-state index in [1.54, 1.807) is 7.11 Å². The first-order valence-electron chi connectivity index (χ1n) is 6.99. The van der Waals surface area contributed by atoms with Gasteiger partial charge in [0, 0.05) is 31.9 Å². The molecule has 0 bridgehead atoms. The van der Waals surface area contributed by atoms with Gasteiger partial charge in [0.15, 0.2) is 11.6 Å². The molecule has 0 amide bonds. The lowest BCUT2D eigenvalue weighted by atomic mass is 10.2. The lowest BCUT2D eigenvalue weighted by Gasteiger charge is -2.36. The number of nitrogens with zero attached hydrogens (tertiary/aromatic N) is 4. The largest absolute Gasteiger partial charge is 0.497 e. The average Bonchev–Trinajstić information content (AvgIpc) is 2.57. The van der Waals surface area contributed by atoms with Crippen LogP contribution in [-0.4, -0.2) is 43.3 Å². The standard InChI is InChI=1S/C15H16ClFN4O/c1-22-12-4-2-11(3-5-12)20-6-8-21(9-7-20)14-13(17)10-18-15(16)19-14/h2-5,10H,6-9H2,1H3. The summed E-state index contributed by atoms with van der Waals surface area (Å²) in [5.74, 6) is 0.664. The number of benzene rings is 1. The lowest BCUT2D eigenvalue weighted by Crippen LogP contribution is -2.47. The highest BCUT2D eigenvalue weighted by molar-refractivity contribution is 6.28. The van der Waals surface area contributed by atoms with Gasteiger partial charge in [-0.3, -0.25) is 0 Å². The van der Waals surface area contributed by atoms with Crippen LogP contribution >= 0.6 is 11.6 Å². The minimum atomic E-state index is -0.442. The molecule has 1 saturated heterocycles. The monoisotopic (exact) mass is 322 g/mol. The maximum Gasteiger partial charge on any atom is 0.224 e. The molecule has 1 fully saturated rings. The van der Waals surface area contributed by atoms with Crippen molar-refractivity contribution in [3.8, 4) is 5.75 Å². The van der Waals surface area contributed by atoms with E-state index in [1.807, 2.05) is 29.2 Å². The first-order chi connectivity index (χ1) is 10.7. The van der Waals surface area contributed by atoms with Gasteiger partial charge in [0.25, 0.3) is 0 Å². The van der Waals surface area contributed by atoms with E-state index in [0.717, 1.165) is 30.7 Å². The molecule has 0 radical (unpaired) electrons. The number of hydrogen-bond acceptors (Lipinski definition) is 5. The second-order valence-electron chi connectivity index (χ2n) is 4.98. The fourth-order valence-corrected chi connectivity index (χ4v) is 2.66. The maximum absolute atomic E-state index is 13.8. The summed E-state index contributed by atoms with van der Waals surface area (Å²) in [5.41, 5.74) is 1.13. The number of methoxy groups -OCH3 is 1. The van der Waals surface area contributed by atoms with Gasteiger partial charge in [-0.05, 0) is 35.9 Å². The van der Waals surface area contributed by atoms with Crippen LogP contribution < -0.4 is 14.5 Å². The van der Waals surface area contributed by atoms with Crippen molar-refractivity contribution >= 4 is 23.1 Å². The molecule has 5 nitrogen and oxygen atoms in total. The molecule has 1 aliphatic rings. The number of hydrogen-bond donors (Lipinski definition) is 0. The second-order valence-corrected chi connectivity index (χ2v) is 5.32. The zero-order chi connectivity index (χ0) is 15.5. The highest BCUT2D eigenvalue weighted by atomic mass is 35.5. The van der Waals surface area contributed by atoms with Crippen molar-refractivity contribution in [2.45, 2.75) is 0 Å². The summed E-state index contributed by atoms with van der Waals surface area (Å²) in [7, 11) is 1.65. The lowest BCUT2D eigenvalue weighted by molar-refractivity contribution is 0.415. The van der Waals surface area contributed by atoms with E-state index in [9.17, 15) is 4.39 Å². The average molecular weight is 323 g/mol. The normalized spacial score (nSPS) is 15.0. The SMILES string of the molecule is COc1ccc(N2CCN(c3nc(Cl)ncc3F)CC2)cc1. The van der Waals surface area contributed by atoms with E-state index in [4.69, 9.17) is 16.3 Å². The Kier molecular flexibility index (Phi) is 4.29. The van der Waals surface area contributed by atoms with Crippen molar-refractivity contribution in [2.75, 3.05) is 43.1 Å². The van der Waals surface area contributed by atoms with Gasteiger partial charge in [0.1, 0.15) is 5.75 Å². The van der Waals surface area contributed by atoms with E-state index in [0.29, 0.717) is 13.1 Å². The molecule has 1 aromatic heterocycles. The Hall–Kier alpha value is -2.08. The molecule has 2 heterocycles. The fraction of sp³-hybridized carbons (Fsp3) is 0.333. The number of ether oxygens (including phenoxy) is 1. The molecule has 3 rings (SSSR count). The van der Waals surface area contributed by atoms with Crippen LogP contribution in [0.4, 0.5) is 15.9 Å². The molecular formula is C15H16ClFN4O. The molecule has 2 aromatic rings. The minimum absolute atomic E-state index is 0.0639. The quantitative estimate of drug-likeness (QED) is 0.813. The maximum atomic E-state index is 13.8. The molecule has 0 atom stereocenters. The van der Waals surface area contributed by atoms with Crippen LogP contribution in [0.2, 0.25) is 5.28 Å². The predicted molar refractivity (Wildman–Crippen MR) is 84.4 cm³/mol. The van der Waals surface area contributed by atoms with Gasteiger partial charge in [-0.2, -0.15) is 4.98 Å². The van der Waals surface area contributed by atoms with Crippen molar-refractivity contribution in [3.05, 3.63) is 41.6 Å². The van der Waals surface area contributed by atoms with Crippen LogP contribution in [0, 0.1) is 5.82 Å². The van der Waals surface area contributed by atoms with Gasteiger partial charge in [0.05, 0.1) is 13.3 Å². The molecule has 1 aliphatic heterocycles. The molecule has 0 spiro atoms. The first-order valence-corrected chi connectivity index (χ1v) is 7.37. The molecule has 116 valence electrons. The third kappa shape index (κ3) is 3.06. The molecule has 22 heavy (non-hydrogen) atoms. The van der Waals surface area contributed by atoms with Crippen molar-refractivity contribution in [3.63, 3.8) is 0 Å². The van der Waals surface area contributed by atoms with Crippen LogP contribution in [0.15, 0.2) is 30.5 Å². The Balaban J connectivity index is 1.68. The van der Waals surface area contributed by atoms with E-state index >= 15 is 0 Å². The van der Waals surface area contributed by atoms with E-state index in [-0.39, 0.29) is 11.1 Å². The van der Waals surface area contributed by atoms with Gasteiger partial charge in [-0.25, -0.2) is 9.37 Å². The Morgan fingerprint density at radius 1 is 1.09 bits per heavy atom. The van der Waals surface area contributed by atoms with Gasteiger partial charge in [-0.1, -0.05) is 0 Å². The van der Waals surface area contributed by atoms with E-state index in [1.165, 1.54) is 0 Å². The number of aromatic nitrogens is 2. The molecule has 0 N–H and O–H groups in total. The van der Waals surface area contributed by atoms with Gasteiger partial charge < -0.3 is 14.5 Å². The Morgan fingerprint density at radius 2 is 1.73 bits per heavy atom. The zero-order valence-corrected chi connectivity index (χ0v) is 12.9. The summed E-state index contributed by atoms with van der Waals surface area (Å²) >= 11 is 5.75. The predicted octanol–water partition coefficient (Wildman–Crippen LogP) is 2.60. The Bertz CT molecular complexity index is 644. The summed E-state index contributed by atoms with van der Waals surface area (Å²) in [6.45, 7) is 2.92. The smallest absolute Gasteiger partial charge is 0.224 e. The van der Waals surface area contributed by atoms with Crippen LogP contribution in [0.25, 0.3) is 0 Å². The molecule has 0 aliphatic carbocycles. The zero-order valence-electron chi connectivity index (χ0n) is 12.2. The topological polar surface area (TPSA) is 41.5 Å². The van der Waals surface area contributed by atoms with Crippen molar-refractivity contribution in [2.24, 2.45) is 0 Å². The third-order valence-electron chi connectivity index (χ3n) is 3.71. The molecule has 7 heteroatoms. The number of halogens is 2. The highest BCUT2D eigenvalue weighted by Crippen LogP contribution is 2.23. The molecule has 1 aromatic carbocycles. The molecular weight excluding hydrogens is 307 g/mol. The third-order valence-corrected chi connectivity index (χ3v) is 3.90. The summed E-state index contributed by atoms with van der Waals surface area (Å²) in [5, 5.41) is 0.0639. The molecule has 0 saturated carbocycles. The van der Waals surface area contributed by atoms with Crippen molar-refractivity contribution in [1.29, 1.82) is 0 Å². The number of piperazine rings is 1. The number of rotatable bonds is 3. The summed E-state index contributed by atoms with van der Waals surface area (Å²) in [6, 6.07) is 7.92. The van der Waals surface area contributed by atoms with Crippen LogP contribution in [0.5, 0.6) is 5.75 Å². The van der Waals surface area contributed by atoms with Gasteiger partial charge in [0.2, 0.25) is 5.28 Å². The fourth-order valence-electron chi connectivity index (χ4n) is 2.53. The van der Waals surface area contributed by atoms with Crippen LogP contribution in [0.1, 0.15) is 0 Å². The Morgan fingerprint density at radius 3 is 2.36 bits per heavy atom. The first kappa shape index (κ1) is 14.8. The minimum Gasteiger partial charge on any atom is -0.497 e. The summed E-state index contributed by atoms with van der Waals surface area (Å²) in [4.78, 5) is 11.8. The second kappa shape index (κ2) is 6.36. The van der Waals surface area contributed by atoms with E-state index < -0.39 is 5.82 Å². The van der Waals surface area contributed by atoms with Crippen molar-refractivity contribution in [1.82, 2.24) is 9.97 Å². The highest BCUT2D eigenvalue weighted by Gasteiger charge is 2.21. The molecule has 0 unspecified atom stereocenters.